The molecule has 1 aromatic heterocycles. The lowest BCUT2D eigenvalue weighted by atomic mass is 10.3. The molecule has 0 bridgehead atoms. The van der Waals surface area contributed by atoms with Crippen molar-refractivity contribution in [3.8, 4) is 0 Å². The van der Waals surface area contributed by atoms with E-state index in [1.807, 2.05) is 0 Å². The lowest BCUT2D eigenvalue weighted by molar-refractivity contribution is 0.581. The Morgan fingerprint density at radius 3 is 2.42 bits per heavy atom. The van der Waals surface area contributed by atoms with Crippen molar-refractivity contribution < 1.29 is 12.8 Å². The van der Waals surface area contributed by atoms with Crippen LogP contribution in [0.4, 0.5) is 4.39 Å². The van der Waals surface area contributed by atoms with E-state index >= 15 is 0 Å². The molecule has 0 aliphatic carbocycles. The Bertz CT molecular complexity index is 838. The molecule has 0 spiro atoms. The molecule has 0 aliphatic rings. The van der Waals surface area contributed by atoms with Gasteiger partial charge in [0.05, 0.1) is 16.6 Å². The van der Waals surface area contributed by atoms with Crippen molar-refractivity contribution >= 4 is 20.9 Å². The van der Waals surface area contributed by atoms with Crippen LogP contribution in [0.15, 0.2) is 59.6 Å². The summed E-state index contributed by atoms with van der Waals surface area (Å²) in [6.07, 6.45) is 1.48. The van der Waals surface area contributed by atoms with Crippen LogP contribution in [-0.2, 0) is 10.0 Å². The normalized spacial score (nSPS) is 11.8. The highest BCUT2D eigenvalue weighted by Gasteiger charge is 2.19. The Labute approximate surface area is 109 Å². The fraction of sp³-hybridized carbons (Fsp3) is 0. The van der Waals surface area contributed by atoms with E-state index < -0.39 is 15.8 Å². The molecule has 0 N–H and O–H groups in total. The van der Waals surface area contributed by atoms with Gasteiger partial charge in [-0.05, 0) is 30.3 Å². The first-order chi connectivity index (χ1) is 9.09. The summed E-state index contributed by atoms with van der Waals surface area (Å²) in [7, 11) is -3.80. The number of rotatable bonds is 2. The van der Waals surface area contributed by atoms with Gasteiger partial charge in [-0.25, -0.2) is 4.39 Å². The molecule has 0 atom stereocenters. The summed E-state index contributed by atoms with van der Waals surface area (Å²) < 4.78 is 38.6. The Hall–Kier alpha value is -2.21. The topological polar surface area (TPSA) is 52.0 Å². The molecule has 0 saturated heterocycles. The summed E-state index contributed by atoms with van der Waals surface area (Å²) >= 11 is 0. The zero-order valence-electron chi connectivity index (χ0n) is 9.69. The van der Waals surface area contributed by atoms with Crippen LogP contribution >= 0.6 is 0 Å². The molecule has 0 amide bonds. The molecule has 19 heavy (non-hydrogen) atoms. The molecular weight excluding hydrogens is 267 g/mol. The number of hydrogen-bond acceptors (Lipinski definition) is 3. The smallest absolute Gasteiger partial charge is 0.207 e. The first-order valence-corrected chi connectivity index (χ1v) is 6.97. The number of para-hydroxylation sites is 1. The molecule has 1 heterocycles. The summed E-state index contributed by atoms with van der Waals surface area (Å²) in [6.45, 7) is 0. The van der Waals surface area contributed by atoms with Crippen LogP contribution in [0.2, 0.25) is 0 Å². The number of hydrogen-bond donors (Lipinski definition) is 0. The maximum atomic E-state index is 12.9. The van der Waals surface area contributed by atoms with Crippen LogP contribution < -0.4 is 0 Å². The van der Waals surface area contributed by atoms with Gasteiger partial charge in [0.1, 0.15) is 5.82 Å². The minimum absolute atomic E-state index is 0.00255. The second-order valence-electron chi connectivity index (χ2n) is 4.01. The SMILES string of the molecule is O=S(=O)(c1ccc(F)cc1)n1ncc2ccccc21. The van der Waals surface area contributed by atoms with Crippen LogP contribution in [0.5, 0.6) is 0 Å². The molecule has 96 valence electrons. The fourth-order valence-electron chi connectivity index (χ4n) is 1.85. The lowest BCUT2D eigenvalue weighted by Gasteiger charge is -2.05. The summed E-state index contributed by atoms with van der Waals surface area (Å²) in [4.78, 5) is 0.00255. The molecule has 2 aromatic carbocycles. The minimum Gasteiger partial charge on any atom is -0.207 e. The first kappa shape index (κ1) is 11.9. The van der Waals surface area contributed by atoms with Crippen molar-refractivity contribution in [1.29, 1.82) is 0 Å². The van der Waals surface area contributed by atoms with Crippen molar-refractivity contribution in [2.24, 2.45) is 0 Å². The van der Waals surface area contributed by atoms with Gasteiger partial charge < -0.3 is 0 Å². The standard InChI is InChI=1S/C13H9FN2O2S/c14-11-5-7-12(8-6-11)19(17,18)16-13-4-2-1-3-10(13)9-15-16/h1-9H. The van der Waals surface area contributed by atoms with E-state index in [-0.39, 0.29) is 4.90 Å². The Morgan fingerprint density at radius 2 is 1.68 bits per heavy atom. The van der Waals surface area contributed by atoms with Gasteiger partial charge in [-0.3, -0.25) is 0 Å². The van der Waals surface area contributed by atoms with Crippen LogP contribution in [0.3, 0.4) is 0 Å². The highest BCUT2D eigenvalue weighted by atomic mass is 32.2. The van der Waals surface area contributed by atoms with Gasteiger partial charge in [0.25, 0.3) is 10.0 Å². The minimum atomic E-state index is -3.80. The van der Waals surface area contributed by atoms with Gasteiger partial charge >= 0.3 is 0 Å². The quantitative estimate of drug-likeness (QED) is 0.722. The molecule has 3 aromatic rings. The van der Waals surface area contributed by atoms with Gasteiger partial charge in [-0.2, -0.15) is 17.6 Å². The highest BCUT2D eigenvalue weighted by molar-refractivity contribution is 7.90. The van der Waals surface area contributed by atoms with Crippen LogP contribution in [0, 0.1) is 5.82 Å². The monoisotopic (exact) mass is 276 g/mol. The summed E-state index contributed by atoms with van der Waals surface area (Å²) in [5.41, 5.74) is 0.492. The summed E-state index contributed by atoms with van der Waals surface area (Å²) in [5.74, 6) is -0.482. The molecule has 0 aliphatic heterocycles. The van der Waals surface area contributed by atoms with Gasteiger partial charge in [0, 0.05) is 5.39 Å². The second kappa shape index (κ2) is 4.17. The van der Waals surface area contributed by atoms with Crippen LogP contribution in [0.1, 0.15) is 0 Å². The molecule has 0 unspecified atom stereocenters. The van der Waals surface area contributed by atoms with E-state index in [9.17, 15) is 12.8 Å². The van der Waals surface area contributed by atoms with Gasteiger partial charge in [-0.15, -0.1) is 0 Å². The van der Waals surface area contributed by atoms with Crippen LogP contribution in [-0.4, -0.2) is 17.6 Å². The Kier molecular flexibility index (Phi) is 2.60. The van der Waals surface area contributed by atoms with E-state index in [0.29, 0.717) is 5.52 Å². The molecule has 0 saturated carbocycles. The molecule has 6 heteroatoms. The maximum Gasteiger partial charge on any atom is 0.283 e. The first-order valence-electron chi connectivity index (χ1n) is 5.53. The largest absolute Gasteiger partial charge is 0.283 e. The molecule has 4 nitrogen and oxygen atoms in total. The third-order valence-electron chi connectivity index (χ3n) is 2.78. The van der Waals surface area contributed by atoms with Crippen molar-refractivity contribution in [3.63, 3.8) is 0 Å². The third kappa shape index (κ3) is 1.90. The maximum absolute atomic E-state index is 12.9. The zero-order valence-corrected chi connectivity index (χ0v) is 10.5. The Balaban J connectivity index is 2.22. The van der Waals surface area contributed by atoms with E-state index in [0.717, 1.165) is 21.6 Å². The average molecular weight is 276 g/mol. The van der Waals surface area contributed by atoms with Gasteiger partial charge in [-0.1, -0.05) is 18.2 Å². The van der Waals surface area contributed by atoms with Crippen molar-refractivity contribution in [2.45, 2.75) is 4.90 Å². The number of benzene rings is 2. The predicted octanol–water partition coefficient (Wildman–Crippen LogP) is 2.41. The summed E-state index contributed by atoms with van der Waals surface area (Å²) in [5, 5.41) is 4.63. The van der Waals surface area contributed by atoms with E-state index in [2.05, 4.69) is 5.10 Å². The molecule has 3 rings (SSSR count). The average Bonchev–Trinajstić information content (AvgIpc) is 2.83. The van der Waals surface area contributed by atoms with Crippen molar-refractivity contribution in [2.75, 3.05) is 0 Å². The number of nitrogens with zero attached hydrogens (tertiary/aromatic N) is 2. The second-order valence-corrected chi connectivity index (χ2v) is 5.77. The van der Waals surface area contributed by atoms with Crippen molar-refractivity contribution in [3.05, 3.63) is 60.5 Å². The lowest BCUT2D eigenvalue weighted by Crippen LogP contribution is -2.14. The predicted molar refractivity (Wildman–Crippen MR) is 68.7 cm³/mol. The molecule has 0 fully saturated rings. The number of halogens is 1. The highest BCUT2D eigenvalue weighted by Crippen LogP contribution is 2.20. The van der Waals surface area contributed by atoms with E-state index in [4.69, 9.17) is 0 Å². The number of aromatic nitrogens is 2. The molecule has 0 radical (unpaired) electrons. The summed E-state index contributed by atoms with van der Waals surface area (Å²) in [6, 6.07) is 11.7. The molecular formula is C13H9FN2O2S. The van der Waals surface area contributed by atoms with Gasteiger partial charge in [0.15, 0.2) is 0 Å². The fourth-order valence-corrected chi connectivity index (χ4v) is 3.12. The van der Waals surface area contributed by atoms with E-state index in [1.165, 1.54) is 18.3 Å². The van der Waals surface area contributed by atoms with Gasteiger partial charge in [0.2, 0.25) is 0 Å². The Morgan fingerprint density at radius 1 is 1.00 bits per heavy atom. The third-order valence-corrected chi connectivity index (χ3v) is 4.40. The van der Waals surface area contributed by atoms with E-state index in [1.54, 1.807) is 24.3 Å². The number of fused-ring (bicyclic) bond motifs is 1. The van der Waals surface area contributed by atoms with Crippen LogP contribution in [0.25, 0.3) is 10.9 Å². The van der Waals surface area contributed by atoms with Crippen molar-refractivity contribution in [1.82, 2.24) is 9.19 Å². The zero-order chi connectivity index (χ0) is 13.5.